The Morgan fingerprint density at radius 3 is 2.54 bits per heavy atom. The molecule has 0 radical (unpaired) electrons. The quantitative estimate of drug-likeness (QED) is 0.690. The first kappa shape index (κ1) is 7.79. The molecule has 0 amide bonds. The third kappa shape index (κ3) is 1.51. The van der Waals surface area contributed by atoms with Gasteiger partial charge in [-0.3, -0.25) is 0 Å². The van der Waals surface area contributed by atoms with Gasteiger partial charge in [-0.25, -0.2) is 9.67 Å². The van der Waals surface area contributed by atoms with Crippen LogP contribution in [-0.4, -0.2) is 21.9 Å². The van der Waals surface area contributed by atoms with Gasteiger partial charge < -0.3 is 4.74 Å². The van der Waals surface area contributed by atoms with E-state index in [1.807, 2.05) is 24.3 Å². The number of aromatic nitrogens is 3. The summed E-state index contributed by atoms with van der Waals surface area (Å²) in [5.74, 6) is 0.837. The van der Waals surface area contributed by atoms with Gasteiger partial charge in [-0.15, -0.1) is 0 Å². The van der Waals surface area contributed by atoms with Gasteiger partial charge in [0.25, 0.3) is 0 Å². The van der Waals surface area contributed by atoms with Gasteiger partial charge in [0.2, 0.25) is 0 Å². The SMILES string of the molecule is COc1ccc(-n2cncn2)cc1. The summed E-state index contributed by atoms with van der Waals surface area (Å²) in [6.07, 6.45) is 3.16. The monoisotopic (exact) mass is 175 g/mol. The summed E-state index contributed by atoms with van der Waals surface area (Å²) in [7, 11) is 1.64. The second-order valence-corrected chi connectivity index (χ2v) is 2.54. The lowest BCUT2D eigenvalue weighted by molar-refractivity contribution is 0.414. The van der Waals surface area contributed by atoms with Crippen LogP contribution in [0.3, 0.4) is 0 Å². The molecule has 0 bridgehead atoms. The Bertz CT molecular complexity index is 366. The Morgan fingerprint density at radius 2 is 2.00 bits per heavy atom. The summed E-state index contributed by atoms with van der Waals surface area (Å²) >= 11 is 0. The number of rotatable bonds is 2. The highest BCUT2D eigenvalue weighted by atomic mass is 16.5. The Balaban J connectivity index is 2.33. The molecule has 4 heteroatoms. The van der Waals surface area contributed by atoms with E-state index in [2.05, 4.69) is 10.1 Å². The molecule has 0 fully saturated rings. The number of methoxy groups -OCH3 is 1. The Morgan fingerprint density at radius 1 is 1.23 bits per heavy atom. The van der Waals surface area contributed by atoms with Gasteiger partial charge in [-0.1, -0.05) is 0 Å². The molecule has 0 atom stereocenters. The minimum Gasteiger partial charge on any atom is -0.497 e. The van der Waals surface area contributed by atoms with Crippen LogP contribution in [-0.2, 0) is 0 Å². The summed E-state index contributed by atoms with van der Waals surface area (Å²) in [4.78, 5) is 3.86. The summed E-state index contributed by atoms with van der Waals surface area (Å²) in [6.45, 7) is 0. The first-order valence-corrected chi connectivity index (χ1v) is 3.89. The Hall–Kier alpha value is -1.84. The maximum atomic E-state index is 5.04. The topological polar surface area (TPSA) is 39.9 Å². The van der Waals surface area contributed by atoms with Crippen molar-refractivity contribution in [2.24, 2.45) is 0 Å². The van der Waals surface area contributed by atoms with Crippen molar-refractivity contribution in [3.8, 4) is 11.4 Å². The lowest BCUT2D eigenvalue weighted by atomic mass is 10.3. The molecule has 66 valence electrons. The van der Waals surface area contributed by atoms with E-state index < -0.39 is 0 Å². The molecule has 0 saturated carbocycles. The molecule has 2 rings (SSSR count). The van der Waals surface area contributed by atoms with E-state index in [1.165, 1.54) is 6.33 Å². The molecule has 0 aliphatic rings. The van der Waals surface area contributed by atoms with Gasteiger partial charge in [0.15, 0.2) is 0 Å². The third-order valence-electron chi connectivity index (χ3n) is 1.76. The first-order valence-electron chi connectivity index (χ1n) is 3.89. The van der Waals surface area contributed by atoms with E-state index in [9.17, 15) is 0 Å². The lowest BCUT2D eigenvalue weighted by Crippen LogP contribution is -1.93. The number of benzene rings is 1. The number of hydrogen-bond donors (Lipinski definition) is 0. The number of hydrogen-bond acceptors (Lipinski definition) is 3. The number of ether oxygens (including phenoxy) is 1. The molecule has 0 N–H and O–H groups in total. The fourth-order valence-electron chi connectivity index (χ4n) is 1.08. The van der Waals surface area contributed by atoms with E-state index >= 15 is 0 Å². The zero-order chi connectivity index (χ0) is 9.10. The van der Waals surface area contributed by atoms with Crippen molar-refractivity contribution >= 4 is 0 Å². The molecule has 1 aromatic heterocycles. The summed E-state index contributed by atoms with van der Waals surface area (Å²) in [5, 5.41) is 4.01. The van der Waals surface area contributed by atoms with Crippen LogP contribution >= 0.6 is 0 Å². The van der Waals surface area contributed by atoms with Crippen molar-refractivity contribution in [2.75, 3.05) is 7.11 Å². The molecule has 0 saturated heterocycles. The van der Waals surface area contributed by atoms with Crippen molar-refractivity contribution in [1.29, 1.82) is 0 Å². The smallest absolute Gasteiger partial charge is 0.138 e. The van der Waals surface area contributed by atoms with Crippen LogP contribution in [0.2, 0.25) is 0 Å². The van der Waals surface area contributed by atoms with Crippen LogP contribution in [0.15, 0.2) is 36.9 Å². The molecule has 0 aliphatic heterocycles. The van der Waals surface area contributed by atoms with E-state index in [1.54, 1.807) is 18.1 Å². The molecule has 1 heterocycles. The Kier molecular flexibility index (Phi) is 1.96. The maximum absolute atomic E-state index is 5.04. The number of nitrogens with zero attached hydrogens (tertiary/aromatic N) is 3. The molecule has 13 heavy (non-hydrogen) atoms. The average molecular weight is 175 g/mol. The molecular formula is C9H9N3O. The van der Waals surface area contributed by atoms with Crippen LogP contribution in [0.25, 0.3) is 5.69 Å². The summed E-state index contributed by atoms with van der Waals surface area (Å²) in [5.41, 5.74) is 0.971. The highest BCUT2D eigenvalue weighted by Crippen LogP contribution is 2.13. The van der Waals surface area contributed by atoms with Gasteiger partial charge in [-0.05, 0) is 24.3 Å². The van der Waals surface area contributed by atoms with Crippen molar-refractivity contribution < 1.29 is 4.74 Å². The van der Waals surface area contributed by atoms with Gasteiger partial charge in [-0.2, -0.15) is 5.10 Å². The van der Waals surface area contributed by atoms with Gasteiger partial charge >= 0.3 is 0 Å². The van der Waals surface area contributed by atoms with Gasteiger partial charge in [0, 0.05) is 0 Å². The standard InChI is InChI=1S/C9H9N3O/c1-13-9-4-2-8(3-5-9)12-7-10-6-11-12/h2-7H,1H3. The largest absolute Gasteiger partial charge is 0.497 e. The maximum Gasteiger partial charge on any atom is 0.138 e. The second-order valence-electron chi connectivity index (χ2n) is 2.54. The van der Waals surface area contributed by atoms with E-state index in [4.69, 9.17) is 4.74 Å². The van der Waals surface area contributed by atoms with Gasteiger partial charge in [0.1, 0.15) is 18.4 Å². The highest BCUT2D eigenvalue weighted by molar-refractivity contribution is 5.36. The zero-order valence-corrected chi connectivity index (χ0v) is 7.21. The molecule has 2 aromatic rings. The Labute approximate surface area is 75.8 Å². The first-order chi connectivity index (χ1) is 6.40. The van der Waals surface area contributed by atoms with Crippen LogP contribution in [0, 0.1) is 0 Å². The molecule has 0 unspecified atom stereocenters. The minimum atomic E-state index is 0.837. The predicted molar refractivity (Wildman–Crippen MR) is 47.9 cm³/mol. The predicted octanol–water partition coefficient (Wildman–Crippen LogP) is 1.28. The molecule has 4 nitrogen and oxygen atoms in total. The van der Waals surface area contributed by atoms with Crippen LogP contribution < -0.4 is 4.74 Å². The van der Waals surface area contributed by atoms with E-state index in [0.29, 0.717) is 0 Å². The van der Waals surface area contributed by atoms with Crippen molar-refractivity contribution in [3.05, 3.63) is 36.9 Å². The highest BCUT2D eigenvalue weighted by Gasteiger charge is 1.95. The molecule has 1 aromatic carbocycles. The minimum absolute atomic E-state index is 0.837. The summed E-state index contributed by atoms with van der Waals surface area (Å²) in [6, 6.07) is 7.62. The van der Waals surface area contributed by atoms with Crippen LogP contribution in [0.4, 0.5) is 0 Å². The van der Waals surface area contributed by atoms with Crippen LogP contribution in [0.5, 0.6) is 5.75 Å². The van der Waals surface area contributed by atoms with Gasteiger partial charge in [0.05, 0.1) is 12.8 Å². The normalized spacial score (nSPS) is 9.92. The fourth-order valence-corrected chi connectivity index (χ4v) is 1.08. The van der Waals surface area contributed by atoms with E-state index in [0.717, 1.165) is 11.4 Å². The van der Waals surface area contributed by atoms with Crippen LogP contribution in [0.1, 0.15) is 0 Å². The zero-order valence-electron chi connectivity index (χ0n) is 7.21. The van der Waals surface area contributed by atoms with Crippen molar-refractivity contribution in [2.45, 2.75) is 0 Å². The fraction of sp³-hybridized carbons (Fsp3) is 0.111. The van der Waals surface area contributed by atoms with Crippen molar-refractivity contribution in [1.82, 2.24) is 14.8 Å². The second kappa shape index (κ2) is 3.26. The van der Waals surface area contributed by atoms with E-state index in [-0.39, 0.29) is 0 Å². The molecule has 0 spiro atoms. The third-order valence-corrected chi connectivity index (χ3v) is 1.76. The molecule has 0 aliphatic carbocycles. The molecular weight excluding hydrogens is 166 g/mol. The average Bonchev–Trinajstić information content (AvgIpc) is 2.71. The lowest BCUT2D eigenvalue weighted by Gasteiger charge is -2.01. The summed E-state index contributed by atoms with van der Waals surface area (Å²) < 4.78 is 6.74. The van der Waals surface area contributed by atoms with Crippen molar-refractivity contribution in [3.63, 3.8) is 0 Å².